The number of hydrogen-bond acceptors (Lipinski definition) is 3. The molecule has 1 fully saturated rings. The van der Waals surface area contributed by atoms with Crippen molar-refractivity contribution in [1.29, 1.82) is 0 Å². The quantitative estimate of drug-likeness (QED) is 0.345. The van der Waals surface area contributed by atoms with Crippen LogP contribution in [0.2, 0.25) is 0 Å². The van der Waals surface area contributed by atoms with E-state index < -0.39 is 5.41 Å². The fraction of sp³-hybridized carbons (Fsp3) is 0.200. The fourth-order valence-electron chi connectivity index (χ4n) is 2.37. The maximum absolute atomic E-state index is 12.3. The number of halogens is 1. The number of nitrogens with zero attached hydrogens (tertiary/aromatic N) is 1. The van der Waals surface area contributed by atoms with Crippen LogP contribution < -0.4 is 11.1 Å². The molecule has 4 N–H and O–H groups in total. The van der Waals surface area contributed by atoms with Gasteiger partial charge in [0.05, 0.1) is 0 Å². The highest BCUT2D eigenvalue weighted by Crippen LogP contribution is 2.46. The number of nitrogens with one attached hydrogen (secondary N) is 1. The van der Waals surface area contributed by atoms with E-state index in [1.807, 2.05) is 36.4 Å². The molecule has 1 saturated carbocycles. The topological polar surface area (TPSA) is 87.7 Å². The van der Waals surface area contributed by atoms with E-state index in [-0.39, 0.29) is 11.7 Å². The van der Waals surface area contributed by atoms with Crippen molar-refractivity contribution in [3.8, 4) is 0 Å². The molecule has 0 aromatic heterocycles. The molecule has 0 atom stereocenters. The van der Waals surface area contributed by atoms with E-state index in [4.69, 9.17) is 10.9 Å². The Balaban J connectivity index is 1.85. The Morgan fingerprint density at radius 3 is 2.57 bits per heavy atom. The molecule has 2 aromatic carbocycles. The molecule has 5 nitrogen and oxygen atoms in total. The summed E-state index contributed by atoms with van der Waals surface area (Å²) in [5.41, 5.74) is 5.47. The molecule has 108 valence electrons. The molecule has 21 heavy (non-hydrogen) atoms. The zero-order chi connectivity index (χ0) is 15.0. The Hall–Kier alpha value is -2.08. The van der Waals surface area contributed by atoms with Crippen LogP contribution in [0.1, 0.15) is 12.8 Å². The molecule has 1 amide bonds. The van der Waals surface area contributed by atoms with Crippen molar-refractivity contribution in [2.24, 2.45) is 16.3 Å². The molecule has 1 aliphatic rings. The van der Waals surface area contributed by atoms with Crippen molar-refractivity contribution < 1.29 is 10.0 Å². The predicted octanol–water partition coefficient (Wildman–Crippen LogP) is 3.07. The standard InChI is InChI=1S/C15H14BrN3O2/c16-11-3-1-10-8-12(4-2-9(10)7-11)18-14(20)15(5-6-15)13(17)19-21/h1-4,7-8,21H,5-6H2,(H2,17,19)(H,18,20). The Kier molecular flexibility index (Phi) is 3.33. The lowest BCUT2D eigenvalue weighted by atomic mass is 10.0. The van der Waals surface area contributed by atoms with E-state index in [2.05, 4.69) is 26.4 Å². The molecule has 0 heterocycles. The van der Waals surface area contributed by atoms with Gasteiger partial charge in [-0.2, -0.15) is 0 Å². The van der Waals surface area contributed by atoms with Gasteiger partial charge in [-0.3, -0.25) is 4.79 Å². The van der Waals surface area contributed by atoms with Gasteiger partial charge in [0.25, 0.3) is 0 Å². The second-order valence-electron chi connectivity index (χ2n) is 5.23. The van der Waals surface area contributed by atoms with Crippen molar-refractivity contribution in [3.63, 3.8) is 0 Å². The summed E-state index contributed by atoms with van der Waals surface area (Å²) >= 11 is 3.43. The van der Waals surface area contributed by atoms with Gasteiger partial charge in [-0.1, -0.05) is 33.2 Å². The molecule has 0 radical (unpaired) electrons. The summed E-state index contributed by atoms with van der Waals surface area (Å²) in [6.07, 6.45) is 1.21. The molecule has 1 aliphatic carbocycles. The Labute approximate surface area is 129 Å². The first-order valence-corrected chi connectivity index (χ1v) is 7.33. The van der Waals surface area contributed by atoms with Crippen molar-refractivity contribution in [1.82, 2.24) is 0 Å². The van der Waals surface area contributed by atoms with Gasteiger partial charge in [-0.15, -0.1) is 0 Å². The maximum Gasteiger partial charge on any atom is 0.238 e. The van der Waals surface area contributed by atoms with Crippen LogP contribution in [-0.4, -0.2) is 17.0 Å². The number of fused-ring (bicyclic) bond motifs is 1. The number of amidine groups is 1. The molecular formula is C15H14BrN3O2. The third-order valence-electron chi connectivity index (χ3n) is 3.84. The van der Waals surface area contributed by atoms with Gasteiger partial charge in [0.1, 0.15) is 5.41 Å². The minimum Gasteiger partial charge on any atom is -0.409 e. The lowest BCUT2D eigenvalue weighted by molar-refractivity contribution is -0.119. The molecular weight excluding hydrogens is 334 g/mol. The summed E-state index contributed by atoms with van der Waals surface area (Å²) < 4.78 is 1.01. The average Bonchev–Trinajstić information content (AvgIpc) is 3.28. The highest BCUT2D eigenvalue weighted by atomic mass is 79.9. The third kappa shape index (κ3) is 2.47. The second kappa shape index (κ2) is 5.04. The molecule has 0 spiro atoms. The van der Waals surface area contributed by atoms with Gasteiger partial charge < -0.3 is 16.3 Å². The second-order valence-corrected chi connectivity index (χ2v) is 6.14. The summed E-state index contributed by atoms with van der Waals surface area (Å²) in [6, 6.07) is 11.6. The number of amides is 1. The normalized spacial score (nSPS) is 16.7. The minimum absolute atomic E-state index is 0.0234. The number of carbonyl (C=O) groups is 1. The Morgan fingerprint density at radius 2 is 1.90 bits per heavy atom. The van der Waals surface area contributed by atoms with Gasteiger partial charge in [0.2, 0.25) is 5.91 Å². The molecule has 0 bridgehead atoms. The number of anilines is 1. The maximum atomic E-state index is 12.3. The number of oxime groups is 1. The lowest BCUT2D eigenvalue weighted by Crippen LogP contribution is -2.36. The Morgan fingerprint density at radius 1 is 1.24 bits per heavy atom. The summed E-state index contributed by atoms with van der Waals surface area (Å²) in [5.74, 6) is -0.251. The average molecular weight is 348 g/mol. The predicted molar refractivity (Wildman–Crippen MR) is 85.4 cm³/mol. The number of carbonyl (C=O) groups excluding carboxylic acids is 1. The minimum atomic E-state index is -0.844. The summed E-state index contributed by atoms with van der Waals surface area (Å²) in [7, 11) is 0. The molecule has 6 heteroatoms. The first kappa shape index (κ1) is 13.9. The monoisotopic (exact) mass is 347 g/mol. The highest BCUT2D eigenvalue weighted by molar-refractivity contribution is 9.10. The molecule has 2 aromatic rings. The first-order valence-electron chi connectivity index (χ1n) is 6.54. The Bertz CT molecular complexity index is 754. The van der Waals surface area contributed by atoms with Crippen LogP contribution in [-0.2, 0) is 4.79 Å². The first-order chi connectivity index (χ1) is 10.0. The van der Waals surface area contributed by atoms with E-state index in [1.54, 1.807) is 0 Å². The summed E-state index contributed by atoms with van der Waals surface area (Å²) in [6.45, 7) is 0. The largest absolute Gasteiger partial charge is 0.409 e. The molecule has 0 saturated heterocycles. The van der Waals surface area contributed by atoms with Crippen LogP contribution in [0.3, 0.4) is 0 Å². The van der Waals surface area contributed by atoms with Crippen LogP contribution in [0, 0.1) is 5.41 Å². The van der Waals surface area contributed by atoms with Crippen LogP contribution in [0.5, 0.6) is 0 Å². The van der Waals surface area contributed by atoms with Crippen molar-refractivity contribution in [2.45, 2.75) is 12.8 Å². The smallest absolute Gasteiger partial charge is 0.238 e. The number of rotatable bonds is 3. The zero-order valence-corrected chi connectivity index (χ0v) is 12.7. The summed E-state index contributed by atoms with van der Waals surface area (Å²) in [5, 5.41) is 16.7. The van der Waals surface area contributed by atoms with Gasteiger partial charge in [-0.25, -0.2) is 0 Å². The van der Waals surface area contributed by atoms with Crippen LogP contribution >= 0.6 is 15.9 Å². The highest BCUT2D eigenvalue weighted by Gasteiger charge is 2.54. The zero-order valence-electron chi connectivity index (χ0n) is 11.1. The SMILES string of the molecule is N/C(=N/O)C1(C(=O)Nc2ccc3cc(Br)ccc3c2)CC1. The van der Waals surface area contributed by atoms with E-state index >= 15 is 0 Å². The number of nitrogens with two attached hydrogens (primary N) is 1. The van der Waals surface area contributed by atoms with Crippen LogP contribution in [0.25, 0.3) is 10.8 Å². The van der Waals surface area contributed by atoms with Crippen LogP contribution in [0.4, 0.5) is 5.69 Å². The van der Waals surface area contributed by atoms with Crippen LogP contribution in [0.15, 0.2) is 46.0 Å². The van der Waals surface area contributed by atoms with Gasteiger partial charge >= 0.3 is 0 Å². The van der Waals surface area contributed by atoms with E-state index in [9.17, 15) is 4.79 Å². The number of hydrogen-bond donors (Lipinski definition) is 3. The third-order valence-corrected chi connectivity index (χ3v) is 4.34. The van der Waals surface area contributed by atoms with E-state index in [0.717, 1.165) is 15.2 Å². The van der Waals surface area contributed by atoms with E-state index in [1.165, 1.54) is 0 Å². The van der Waals surface area contributed by atoms with Crippen molar-refractivity contribution in [2.75, 3.05) is 5.32 Å². The fourth-order valence-corrected chi connectivity index (χ4v) is 2.74. The van der Waals surface area contributed by atoms with Gasteiger partial charge in [-0.05, 0) is 47.9 Å². The summed E-state index contributed by atoms with van der Waals surface area (Å²) in [4.78, 5) is 12.3. The lowest BCUT2D eigenvalue weighted by Gasteiger charge is -2.14. The van der Waals surface area contributed by atoms with E-state index in [0.29, 0.717) is 18.5 Å². The van der Waals surface area contributed by atoms with Gasteiger partial charge in [0.15, 0.2) is 5.84 Å². The van der Waals surface area contributed by atoms with Crippen molar-refractivity contribution in [3.05, 3.63) is 40.9 Å². The van der Waals surface area contributed by atoms with Crippen molar-refractivity contribution >= 4 is 44.1 Å². The molecule has 3 rings (SSSR count). The molecule has 0 unspecified atom stereocenters. The molecule has 0 aliphatic heterocycles. The number of benzene rings is 2. The van der Waals surface area contributed by atoms with Gasteiger partial charge in [0, 0.05) is 10.2 Å².